The summed E-state index contributed by atoms with van der Waals surface area (Å²) < 4.78 is 94.8. The summed E-state index contributed by atoms with van der Waals surface area (Å²) in [5.41, 5.74) is -9.37. The number of hydrogen-bond donors (Lipinski definition) is 0. The third-order valence-electron chi connectivity index (χ3n) is 7.10. The van der Waals surface area contributed by atoms with Crippen molar-refractivity contribution in [1.29, 1.82) is 21.0 Å². The Hall–Kier alpha value is -7.26. The second-order valence-electron chi connectivity index (χ2n) is 9.60. The number of nitrogens with zero attached hydrogens (tertiary/aromatic N) is 6. The number of fused-ring (bicyclic) bond motifs is 2. The highest BCUT2D eigenvalue weighted by atomic mass is 19.4. The summed E-state index contributed by atoms with van der Waals surface area (Å²) in [6, 6.07) is 20.5. The molecule has 0 unspecified atom stereocenters. The van der Waals surface area contributed by atoms with Gasteiger partial charge in [-0.25, -0.2) is 20.2 Å². The van der Waals surface area contributed by atoms with Gasteiger partial charge in [-0.1, -0.05) is 60.7 Å². The van der Waals surface area contributed by atoms with Gasteiger partial charge in [0.05, 0.1) is 36.4 Å². The fraction of sp³-hybridized carbons (Fsp3) is 0.0588. The molecule has 0 N–H and O–H groups in total. The summed E-state index contributed by atoms with van der Waals surface area (Å²) in [6.07, 6.45) is -11.2. The Morgan fingerprint density at radius 2 is 0.896 bits per heavy atom. The quantitative estimate of drug-likeness (QED) is 0.159. The minimum Gasteiger partial charge on any atom is -0.405 e. The Kier molecular flexibility index (Phi) is 7.98. The number of rotatable bonds is 4. The van der Waals surface area contributed by atoms with Gasteiger partial charge in [-0.15, -0.1) is 26.3 Å². The normalized spacial score (nSPS) is 15.5. The average molecular weight is 648 g/mol. The van der Waals surface area contributed by atoms with Crippen LogP contribution in [-0.4, -0.2) is 12.7 Å². The third-order valence-corrected chi connectivity index (χ3v) is 7.10. The van der Waals surface area contributed by atoms with Gasteiger partial charge in [-0.3, -0.25) is 0 Å². The average Bonchev–Trinajstić information content (AvgIpc) is 3.58. The Morgan fingerprint density at radius 3 is 1.17 bits per heavy atom. The molecule has 2 aliphatic rings. The molecule has 0 radical (unpaired) electrons. The zero-order valence-corrected chi connectivity index (χ0v) is 23.5. The molecular weight excluding hydrogens is 638 g/mol. The van der Waals surface area contributed by atoms with Crippen LogP contribution in [0, 0.1) is 58.5 Å². The van der Waals surface area contributed by atoms with E-state index in [9.17, 15) is 47.4 Å². The summed E-state index contributed by atoms with van der Waals surface area (Å²) in [5, 5.41) is 40.7. The maximum atomic E-state index is 14.4. The van der Waals surface area contributed by atoms with Crippen molar-refractivity contribution >= 4 is 33.4 Å². The molecule has 0 bridgehead atoms. The molecule has 2 aliphatic carbocycles. The summed E-state index contributed by atoms with van der Waals surface area (Å²) in [6.45, 7) is 15.3. The van der Waals surface area contributed by atoms with Gasteiger partial charge in [-0.2, -0.15) is 10.5 Å². The summed E-state index contributed by atoms with van der Waals surface area (Å²) in [4.78, 5) is 6.19. The van der Waals surface area contributed by atoms with E-state index in [0.29, 0.717) is 0 Å². The van der Waals surface area contributed by atoms with Crippen LogP contribution in [0.1, 0.15) is 33.4 Å². The highest BCUT2D eigenvalue weighted by Crippen LogP contribution is 2.64. The van der Waals surface area contributed by atoms with E-state index >= 15 is 0 Å². The zero-order valence-electron chi connectivity index (χ0n) is 23.5. The predicted molar refractivity (Wildman–Crippen MR) is 156 cm³/mol. The van der Waals surface area contributed by atoms with Gasteiger partial charge in [-0.05, 0) is 22.3 Å². The van der Waals surface area contributed by atoms with Crippen molar-refractivity contribution in [3.05, 3.63) is 128 Å². The molecule has 3 aromatic rings. The fourth-order valence-corrected chi connectivity index (χ4v) is 5.60. The van der Waals surface area contributed by atoms with Gasteiger partial charge in [0, 0.05) is 33.4 Å². The molecular formula is C34H10F6N6O2. The smallest absolute Gasteiger partial charge is 0.405 e. The van der Waals surface area contributed by atoms with E-state index in [-0.39, 0.29) is 11.1 Å². The molecule has 14 heteroatoms. The molecule has 0 aliphatic heterocycles. The molecule has 48 heavy (non-hydrogen) atoms. The first-order valence-corrected chi connectivity index (χ1v) is 13.1. The molecule has 0 heterocycles. The zero-order chi connectivity index (χ0) is 35.0. The van der Waals surface area contributed by atoms with Crippen molar-refractivity contribution in [2.75, 3.05) is 0 Å². The van der Waals surface area contributed by atoms with Gasteiger partial charge in [0.2, 0.25) is 0 Å². The SMILES string of the molecule is [C-]#[N+]/C(C#N)=C1/C(c2ccccc2)=C(C#N)c2c(OC(F)(F)F)c3c(c(OC(F)(F)F)c21)/C(=C(\C#N)[N+]#[C-])C(c1ccccc1)=C3C#N. The number of nitriles is 4. The first kappa shape index (κ1) is 32.1. The van der Waals surface area contributed by atoms with Crippen molar-refractivity contribution in [3.8, 4) is 35.8 Å². The number of allylic oxidation sites excluding steroid dienone is 8. The van der Waals surface area contributed by atoms with Gasteiger partial charge in [0.15, 0.2) is 0 Å². The van der Waals surface area contributed by atoms with Crippen LogP contribution < -0.4 is 9.47 Å². The Labute approximate surface area is 267 Å². The molecule has 0 spiro atoms. The third kappa shape index (κ3) is 5.23. The second-order valence-corrected chi connectivity index (χ2v) is 9.60. The highest BCUT2D eigenvalue weighted by molar-refractivity contribution is 6.32. The Bertz CT molecular complexity index is 2130. The number of ether oxygens (including phenoxy) is 2. The van der Waals surface area contributed by atoms with E-state index in [1.807, 2.05) is 0 Å². The molecule has 0 fully saturated rings. The van der Waals surface area contributed by atoms with Crippen molar-refractivity contribution in [1.82, 2.24) is 0 Å². The van der Waals surface area contributed by atoms with Gasteiger partial charge in [0.1, 0.15) is 23.6 Å². The summed E-state index contributed by atoms with van der Waals surface area (Å²) in [5.74, 6) is -2.70. The van der Waals surface area contributed by atoms with Crippen molar-refractivity contribution in [3.63, 3.8) is 0 Å². The highest BCUT2D eigenvalue weighted by Gasteiger charge is 2.49. The van der Waals surface area contributed by atoms with Gasteiger partial charge < -0.3 is 9.47 Å². The molecule has 230 valence electrons. The number of halogens is 6. The van der Waals surface area contributed by atoms with Crippen LogP contribution in [-0.2, 0) is 0 Å². The standard InChI is InChI=1S/C34H10F6N6O2/c1-45-21(15-43)27-23(17-9-5-3-6-10-17)19(13-41)25-29(27)32(48-34(38,39)40)30-26(31(25)47-33(35,36)37)20(14-42)24(18-11-7-4-8-12-18)28(30)22(16-44)46-2/h3-12H/b27-21-,28-22+. The topological polar surface area (TPSA) is 122 Å². The largest absolute Gasteiger partial charge is 0.573 e. The van der Waals surface area contributed by atoms with Crippen LogP contribution >= 0.6 is 0 Å². The predicted octanol–water partition coefficient (Wildman–Crippen LogP) is 8.69. The summed E-state index contributed by atoms with van der Waals surface area (Å²) >= 11 is 0. The van der Waals surface area contributed by atoms with Crippen LogP contribution in [0.25, 0.3) is 43.1 Å². The van der Waals surface area contributed by atoms with Crippen LogP contribution in [0.5, 0.6) is 11.5 Å². The minimum atomic E-state index is -5.62. The molecule has 0 saturated carbocycles. The van der Waals surface area contributed by atoms with E-state index in [0.717, 1.165) is 0 Å². The minimum absolute atomic E-state index is 0.0170. The lowest BCUT2D eigenvalue weighted by molar-refractivity contribution is -0.277. The molecule has 5 rings (SSSR count). The lowest BCUT2D eigenvalue weighted by atomic mass is 9.89. The lowest BCUT2D eigenvalue weighted by Crippen LogP contribution is -2.22. The van der Waals surface area contributed by atoms with E-state index in [4.69, 9.17) is 13.1 Å². The van der Waals surface area contributed by atoms with E-state index in [2.05, 4.69) is 19.2 Å². The lowest BCUT2D eigenvalue weighted by Gasteiger charge is -2.23. The fourth-order valence-electron chi connectivity index (χ4n) is 5.60. The maximum absolute atomic E-state index is 14.4. The summed E-state index contributed by atoms with van der Waals surface area (Å²) in [7, 11) is 0. The van der Waals surface area contributed by atoms with E-state index < -0.39 is 91.3 Å². The van der Waals surface area contributed by atoms with E-state index in [1.165, 1.54) is 72.8 Å². The number of alkyl halides is 6. The molecule has 0 amide bonds. The molecule has 0 atom stereocenters. The van der Waals surface area contributed by atoms with Crippen LogP contribution in [0.2, 0.25) is 0 Å². The first-order valence-electron chi connectivity index (χ1n) is 13.1. The van der Waals surface area contributed by atoms with Gasteiger partial charge in [0.25, 0.3) is 11.4 Å². The molecule has 8 nitrogen and oxygen atoms in total. The van der Waals surface area contributed by atoms with Crippen molar-refractivity contribution < 1.29 is 35.8 Å². The van der Waals surface area contributed by atoms with Crippen LogP contribution in [0.4, 0.5) is 26.3 Å². The van der Waals surface area contributed by atoms with E-state index in [1.54, 1.807) is 12.1 Å². The van der Waals surface area contributed by atoms with Crippen LogP contribution in [0.15, 0.2) is 72.1 Å². The number of hydrogen-bond acceptors (Lipinski definition) is 6. The van der Waals surface area contributed by atoms with Crippen molar-refractivity contribution in [2.24, 2.45) is 0 Å². The molecule has 0 aromatic heterocycles. The molecule has 3 aromatic carbocycles. The Balaban J connectivity index is 2.20. The second kappa shape index (κ2) is 11.9. The van der Waals surface area contributed by atoms with Crippen molar-refractivity contribution in [2.45, 2.75) is 12.7 Å². The Morgan fingerprint density at radius 1 is 0.562 bits per heavy atom. The molecule has 0 saturated heterocycles. The van der Waals surface area contributed by atoms with Crippen LogP contribution in [0.3, 0.4) is 0 Å². The van der Waals surface area contributed by atoms with Gasteiger partial charge >= 0.3 is 12.7 Å². The number of benzene rings is 3. The monoisotopic (exact) mass is 648 g/mol. The maximum Gasteiger partial charge on any atom is 0.573 e. The first-order chi connectivity index (χ1) is 22.8.